The number of rotatable bonds is 3. The number of aromatic nitrogens is 2. The van der Waals surface area contributed by atoms with Gasteiger partial charge in [0, 0.05) is 11.8 Å². The van der Waals surface area contributed by atoms with Crippen molar-refractivity contribution < 1.29 is 4.52 Å². The van der Waals surface area contributed by atoms with Crippen LogP contribution in [0.5, 0.6) is 0 Å². The summed E-state index contributed by atoms with van der Waals surface area (Å²) in [5.74, 6) is 3.65. The van der Waals surface area contributed by atoms with Gasteiger partial charge in [-0.2, -0.15) is 4.98 Å². The lowest BCUT2D eigenvalue weighted by Gasteiger charge is -2.17. The van der Waals surface area contributed by atoms with Crippen molar-refractivity contribution >= 4 is 0 Å². The molecule has 3 nitrogen and oxygen atoms in total. The van der Waals surface area contributed by atoms with Gasteiger partial charge in [0.25, 0.3) is 0 Å². The van der Waals surface area contributed by atoms with E-state index in [2.05, 4.69) is 25.9 Å². The van der Waals surface area contributed by atoms with E-state index in [0.717, 1.165) is 17.6 Å². The van der Waals surface area contributed by atoms with E-state index in [1.165, 1.54) is 38.5 Å². The van der Waals surface area contributed by atoms with Gasteiger partial charge in [-0.15, -0.1) is 0 Å². The van der Waals surface area contributed by atoms with Gasteiger partial charge in [-0.1, -0.05) is 51.6 Å². The summed E-state index contributed by atoms with van der Waals surface area (Å²) in [6.45, 7) is 6.90. The first-order chi connectivity index (χ1) is 8.64. The first-order valence-corrected chi connectivity index (χ1v) is 7.48. The molecule has 0 spiro atoms. The normalized spacial score (nSPS) is 31.5. The Labute approximate surface area is 109 Å². The Kier molecular flexibility index (Phi) is 2.95. The van der Waals surface area contributed by atoms with Gasteiger partial charge in [-0.05, 0) is 24.2 Å². The van der Waals surface area contributed by atoms with Crippen molar-refractivity contribution in [2.75, 3.05) is 0 Å². The molecule has 0 N–H and O–H groups in total. The molecule has 0 aromatic carbocycles. The molecule has 3 heteroatoms. The lowest BCUT2D eigenvalue weighted by Crippen LogP contribution is -2.05. The van der Waals surface area contributed by atoms with Gasteiger partial charge in [0.15, 0.2) is 5.82 Å². The van der Waals surface area contributed by atoms with Gasteiger partial charge in [-0.25, -0.2) is 0 Å². The van der Waals surface area contributed by atoms with Crippen molar-refractivity contribution in [1.29, 1.82) is 0 Å². The summed E-state index contributed by atoms with van der Waals surface area (Å²) in [6.07, 6.45) is 7.67. The highest BCUT2D eigenvalue weighted by atomic mass is 16.5. The minimum atomic E-state index is 0.364. The van der Waals surface area contributed by atoms with Crippen molar-refractivity contribution in [2.24, 2.45) is 11.3 Å². The number of hydrogen-bond acceptors (Lipinski definition) is 3. The van der Waals surface area contributed by atoms with E-state index < -0.39 is 0 Å². The molecule has 2 aliphatic rings. The summed E-state index contributed by atoms with van der Waals surface area (Å²) in [5.41, 5.74) is 0.364. The van der Waals surface area contributed by atoms with E-state index in [1.807, 2.05) is 0 Å². The third-order valence-corrected chi connectivity index (χ3v) is 5.18. The van der Waals surface area contributed by atoms with Crippen LogP contribution in [0.3, 0.4) is 0 Å². The molecule has 1 aromatic rings. The molecule has 1 heterocycles. The Morgan fingerprint density at radius 3 is 2.56 bits per heavy atom. The summed E-state index contributed by atoms with van der Waals surface area (Å²) >= 11 is 0. The molecule has 2 atom stereocenters. The van der Waals surface area contributed by atoms with E-state index in [-0.39, 0.29) is 0 Å². The summed E-state index contributed by atoms with van der Waals surface area (Å²) in [7, 11) is 0. The molecule has 2 saturated carbocycles. The second-order valence-corrected chi connectivity index (χ2v) is 6.64. The third-order valence-electron chi connectivity index (χ3n) is 5.18. The second-order valence-electron chi connectivity index (χ2n) is 6.64. The van der Waals surface area contributed by atoms with Crippen LogP contribution in [0.2, 0.25) is 0 Å². The first kappa shape index (κ1) is 12.2. The quantitative estimate of drug-likeness (QED) is 0.802. The van der Waals surface area contributed by atoms with Crippen molar-refractivity contribution in [3.63, 3.8) is 0 Å². The topological polar surface area (TPSA) is 38.9 Å². The van der Waals surface area contributed by atoms with Gasteiger partial charge in [0.1, 0.15) is 0 Å². The zero-order valence-corrected chi connectivity index (χ0v) is 11.8. The van der Waals surface area contributed by atoms with E-state index in [1.54, 1.807) is 0 Å². The Hall–Kier alpha value is -0.860. The van der Waals surface area contributed by atoms with E-state index in [0.29, 0.717) is 17.3 Å². The highest BCUT2D eigenvalue weighted by Gasteiger charge is 2.59. The molecule has 2 aliphatic carbocycles. The predicted octanol–water partition coefficient (Wildman–Crippen LogP) is 4.27. The minimum absolute atomic E-state index is 0.364. The Morgan fingerprint density at radius 2 is 1.94 bits per heavy atom. The van der Waals surface area contributed by atoms with Crippen LogP contribution >= 0.6 is 0 Å². The molecule has 0 aliphatic heterocycles. The fourth-order valence-corrected chi connectivity index (χ4v) is 3.91. The molecule has 0 radical (unpaired) electrons. The number of hydrogen-bond donors (Lipinski definition) is 0. The van der Waals surface area contributed by atoms with Crippen LogP contribution < -0.4 is 0 Å². The molecule has 0 saturated heterocycles. The molecule has 1 aromatic heterocycles. The minimum Gasteiger partial charge on any atom is -0.339 e. The summed E-state index contributed by atoms with van der Waals surface area (Å²) in [4.78, 5) is 4.71. The molecule has 18 heavy (non-hydrogen) atoms. The average Bonchev–Trinajstić information content (AvgIpc) is 2.77. The highest BCUT2D eigenvalue weighted by Crippen LogP contribution is 2.65. The highest BCUT2D eigenvalue weighted by molar-refractivity contribution is 5.20. The van der Waals surface area contributed by atoms with Crippen LogP contribution in [-0.2, 0) is 0 Å². The lowest BCUT2D eigenvalue weighted by atomic mass is 9.89. The van der Waals surface area contributed by atoms with Gasteiger partial charge in [0.05, 0.1) is 0 Å². The molecule has 3 rings (SSSR count). The maximum atomic E-state index is 5.53. The smallest absolute Gasteiger partial charge is 0.229 e. The van der Waals surface area contributed by atoms with E-state index in [9.17, 15) is 0 Å². The zero-order valence-electron chi connectivity index (χ0n) is 11.8. The van der Waals surface area contributed by atoms with Crippen molar-refractivity contribution in [1.82, 2.24) is 10.1 Å². The largest absolute Gasteiger partial charge is 0.339 e. The van der Waals surface area contributed by atoms with E-state index >= 15 is 0 Å². The fraction of sp³-hybridized carbons (Fsp3) is 0.867. The number of nitrogens with zero attached hydrogens (tertiary/aromatic N) is 2. The Bertz CT molecular complexity index is 418. The molecule has 0 amide bonds. The molecule has 0 unspecified atom stereocenters. The van der Waals surface area contributed by atoms with Crippen LogP contribution in [0, 0.1) is 11.3 Å². The van der Waals surface area contributed by atoms with Gasteiger partial charge < -0.3 is 4.52 Å². The fourth-order valence-electron chi connectivity index (χ4n) is 3.91. The molecule has 100 valence electrons. The average molecular weight is 248 g/mol. The first-order valence-electron chi connectivity index (χ1n) is 7.48. The molecular weight excluding hydrogens is 224 g/mol. The maximum Gasteiger partial charge on any atom is 0.229 e. The van der Waals surface area contributed by atoms with Crippen molar-refractivity contribution in [2.45, 2.75) is 71.1 Å². The zero-order chi connectivity index (χ0) is 12.8. The summed E-state index contributed by atoms with van der Waals surface area (Å²) in [6, 6.07) is 0. The summed E-state index contributed by atoms with van der Waals surface area (Å²) < 4.78 is 5.53. The van der Waals surface area contributed by atoms with E-state index in [4.69, 9.17) is 9.51 Å². The molecule has 0 bridgehead atoms. The van der Waals surface area contributed by atoms with Crippen LogP contribution in [0.25, 0.3) is 0 Å². The SMILES string of the molecule is CC[C@@H]1[C@@H](c2noc(C3CCCCC3)n2)C1(C)C. The van der Waals surface area contributed by atoms with Gasteiger partial charge in [0.2, 0.25) is 5.89 Å². The maximum absolute atomic E-state index is 5.53. The van der Waals surface area contributed by atoms with Crippen LogP contribution in [0.4, 0.5) is 0 Å². The monoisotopic (exact) mass is 248 g/mol. The standard InChI is InChI=1S/C15H24N2O/c1-4-11-12(15(11,2)3)13-16-14(18-17-13)10-8-6-5-7-9-10/h10-12H,4-9H2,1-3H3/t11-,12+/m1/s1. The van der Waals surface area contributed by atoms with Gasteiger partial charge in [-0.3, -0.25) is 0 Å². The Balaban J connectivity index is 1.74. The van der Waals surface area contributed by atoms with Crippen LogP contribution in [-0.4, -0.2) is 10.1 Å². The van der Waals surface area contributed by atoms with Crippen LogP contribution in [0.1, 0.15) is 82.8 Å². The van der Waals surface area contributed by atoms with Crippen molar-refractivity contribution in [3.05, 3.63) is 11.7 Å². The van der Waals surface area contributed by atoms with Crippen molar-refractivity contribution in [3.8, 4) is 0 Å². The summed E-state index contributed by atoms with van der Waals surface area (Å²) in [5, 5.41) is 4.26. The molecule has 2 fully saturated rings. The lowest BCUT2D eigenvalue weighted by molar-refractivity contribution is 0.311. The second kappa shape index (κ2) is 4.36. The molecular formula is C15H24N2O. The Morgan fingerprint density at radius 1 is 1.22 bits per heavy atom. The van der Waals surface area contributed by atoms with Crippen LogP contribution in [0.15, 0.2) is 4.52 Å². The predicted molar refractivity (Wildman–Crippen MR) is 70.4 cm³/mol. The van der Waals surface area contributed by atoms with Gasteiger partial charge >= 0.3 is 0 Å². The third kappa shape index (κ3) is 1.88.